The van der Waals surface area contributed by atoms with Gasteiger partial charge in [0.25, 0.3) is 5.91 Å². The number of hydrogen-bond donors (Lipinski definition) is 2. The Balaban J connectivity index is 1.93. The highest BCUT2D eigenvalue weighted by molar-refractivity contribution is 7.93. The molecule has 1 fully saturated rings. The van der Waals surface area contributed by atoms with E-state index in [1.807, 2.05) is 0 Å². The van der Waals surface area contributed by atoms with Crippen molar-refractivity contribution < 1.29 is 39.9 Å². The van der Waals surface area contributed by atoms with Crippen molar-refractivity contribution in [1.29, 1.82) is 0 Å². The minimum absolute atomic E-state index is 0.0265. The standard InChI is InChI=1S/C22H22F5N3O4S/c1-34-17-7-6-15(23)19(24)14(17)11-28-20-13(5-8-18(30-20)22(25,26)27)21(31)29-16(12-3-4-12)9-10-35(2,32)33/h5-10,12,16H,3-4,11H2,1-2H3,(H,28,30)(H,29,31)/b10-9+/t16-/m1/s1. The average molecular weight is 519 g/mol. The van der Waals surface area contributed by atoms with Gasteiger partial charge in [-0.1, -0.05) is 6.08 Å². The predicted molar refractivity (Wildman–Crippen MR) is 117 cm³/mol. The molecular formula is C22H22F5N3O4S. The monoisotopic (exact) mass is 519 g/mol. The molecule has 2 aromatic rings. The van der Waals surface area contributed by atoms with E-state index in [2.05, 4.69) is 15.6 Å². The number of nitrogens with one attached hydrogen (secondary N) is 2. The fourth-order valence-electron chi connectivity index (χ4n) is 3.27. The van der Waals surface area contributed by atoms with E-state index in [0.29, 0.717) is 6.07 Å². The molecule has 190 valence electrons. The van der Waals surface area contributed by atoms with Gasteiger partial charge in [0.15, 0.2) is 21.5 Å². The van der Waals surface area contributed by atoms with E-state index in [-0.39, 0.29) is 22.8 Å². The van der Waals surface area contributed by atoms with E-state index < -0.39 is 57.7 Å². The quantitative estimate of drug-likeness (QED) is 0.485. The number of nitrogens with zero attached hydrogens (tertiary/aromatic N) is 1. The zero-order valence-corrected chi connectivity index (χ0v) is 19.4. The summed E-state index contributed by atoms with van der Waals surface area (Å²) in [6, 6.07) is 2.82. The van der Waals surface area contributed by atoms with Crippen LogP contribution >= 0.6 is 0 Å². The molecule has 13 heteroatoms. The molecule has 0 spiro atoms. The summed E-state index contributed by atoms with van der Waals surface area (Å²) in [5.74, 6) is -3.90. The van der Waals surface area contributed by atoms with Crippen LogP contribution in [-0.2, 0) is 22.6 Å². The number of ether oxygens (including phenoxy) is 1. The van der Waals surface area contributed by atoms with Gasteiger partial charge in [0.1, 0.15) is 17.3 Å². The Kier molecular flexibility index (Phi) is 7.68. The molecule has 1 atom stereocenters. The second-order valence-corrected chi connectivity index (χ2v) is 9.91. The lowest BCUT2D eigenvalue weighted by atomic mass is 10.1. The van der Waals surface area contributed by atoms with Crippen LogP contribution in [0.4, 0.5) is 27.8 Å². The van der Waals surface area contributed by atoms with Gasteiger partial charge in [-0.05, 0) is 43.0 Å². The average Bonchev–Trinajstić information content (AvgIpc) is 3.61. The number of carbonyl (C=O) groups is 1. The molecule has 0 radical (unpaired) electrons. The van der Waals surface area contributed by atoms with E-state index >= 15 is 0 Å². The zero-order chi connectivity index (χ0) is 26.0. The van der Waals surface area contributed by atoms with Crippen LogP contribution in [-0.4, -0.2) is 38.7 Å². The van der Waals surface area contributed by atoms with Crippen molar-refractivity contribution in [1.82, 2.24) is 10.3 Å². The second-order valence-electron chi connectivity index (χ2n) is 7.98. The molecule has 0 unspecified atom stereocenters. The van der Waals surface area contributed by atoms with Gasteiger partial charge in [0.05, 0.1) is 24.3 Å². The van der Waals surface area contributed by atoms with Crippen molar-refractivity contribution in [3.8, 4) is 5.75 Å². The molecule has 1 heterocycles. The number of benzene rings is 1. The summed E-state index contributed by atoms with van der Waals surface area (Å²) in [4.78, 5) is 16.4. The first-order valence-electron chi connectivity index (χ1n) is 10.3. The molecule has 2 N–H and O–H groups in total. The van der Waals surface area contributed by atoms with E-state index in [9.17, 15) is 35.2 Å². The van der Waals surface area contributed by atoms with Crippen molar-refractivity contribution in [2.24, 2.45) is 5.92 Å². The number of halogens is 5. The molecule has 0 aliphatic heterocycles. The second kappa shape index (κ2) is 10.2. The van der Waals surface area contributed by atoms with Gasteiger partial charge in [0, 0.05) is 18.2 Å². The van der Waals surface area contributed by atoms with Crippen LogP contribution in [0.25, 0.3) is 0 Å². The summed E-state index contributed by atoms with van der Waals surface area (Å²) < 4.78 is 95.6. The van der Waals surface area contributed by atoms with Gasteiger partial charge in [-0.15, -0.1) is 0 Å². The number of rotatable bonds is 9. The van der Waals surface area contributed by atoms with Crippen LogP contribution in [0.15, 0.2) is 35.7 Å². The maximum atomic E-state index is 14.3. The smallest absolute Gasteiger partial charge is 0.433 e. The number of sulfone groups is 1. The van der Waals surface area contributed by atoms with Crippen LogP contribution in [0.5, 0.6) is 5.75 Å². The van der Waals surface area contributed by atoms with Gasteiger partial charge in [-0.3, -0.25) is 4.79 Å². The van der Waals surface area contributed by atoms with Gasteiger partial charge in [0.2, 0.25) is 0 Å². The fraction of sp³-hybridized carbons (Fsp3) is 0.364. The molecule has 3 rings (SSSR count). The molecule has 1 aromatic carbocycles. The molecule has 1 aliphatic carbocycles. The summed E-state index contributed by atoms with van der Waals surface area (Å²) in [5.41, 5.74) is -1.92. The number of methoxy groups -OCH3 is 1. The molecular weight excluding hydrogens is 497 g/mol. The number of aromatic nitrogens is 1. The lowest BCUT2D eigenvalue weighted by Gasteiger charge is -2.18. The third kappa shape index (κ3) is 6.90. The third-order valence-corrected chi connectivity index (χ3v) is 5.85. The summed E-state index contributed by atoms with van der Waals surface area (Å²) in [6.45, 7) is -0.540. The van der Waals surface area contributed by atoms with Crippen molar-refractivity contribution in [3.63, 3.8) is 0 Å². The number of amides is 1. The molecule has 1 amide bonds. The van der Waals surface area contributed by atoms with Crippen LogP contribution < -0.4 is 15.4 Å². The topological polar surface area (TPSA) is 97.4 Å². The third-order valence-electron chi connectivity index (χ3n) is 5.20. The maximum absolute atomic E-state index is 14.3. The molecule has 1 aliphatic rings. The molecule has 1 aromatic heterocycles. The summed E-state index contributed by atoms with van der Waals surface area (Å²) >= 11 is 0. The molecule has 7 nitrogen and oxygen atoms in total. The lowest BCUT2D eigenvalue weighted by molar-refractivity contribution is -0.141. The Labute approximate surface area is 198 Å². The Morgan fingerprint density at radius 3 is 2.49 bits per heavy atom. The lowest BCUT2D eigenvalue weighted by Crippen LogP contribution is -2.35. The predicted octanol–water partition coefficient (Wildman–Crippen LogP) is 4.07. The van der Waals surface area contributed by atoms with Gasteiger partial charge >= 0.3 is 6.18 Å². The van der Waals surface area contributed by atoms with Gasteiger partial charge in [-0.25, -0.2) is 22.2 Å². The Bertz CT molecular complexity index is 1240. The fourth-order valence-corrected chi connectivity index (χ4v) is 3.73. The first-order chi connectivity index (χ1) is 16.3. The molecule has 1 saturated carbocycles. The van der Waals surface area contributed by atoms with Crippen molar-refractivity contribution in [3.05, 3.63) is 64.2 Å². The van der Waals surface area contributed by atoms with Crippen molar-refractivity contribution >= 4 is 21.6 Å². The Morgan fingerprint density at radius 2 is 1.91 bits per heavy atom. The van der Waals surface area contributed by atoms with Gasteiger partial charge < -0.3 is 15.4 Å². The molecule has 35 heavy (non-hydrogen) atoms. The van der Waals surface area contributed by atoms with E-state index in [1.165, 1.54) is 13.2 Å². The number of anilines is 1. The van der Waals surface area contributed by atoms with Crippen LogP contribution in [0.2, 0.25) is 0 Å². The minimum Gasteiger partial charge on any atom is -0.496 e. The summed E-state index contributed by atoms with van der Waals surface area (Å²) in [5, 5.41) is 6.01. The van der Waals surface area contributed by atoms with Gasteiger partial charge in [-0.2, -0.15) is 13.2 Å². The highest BCUT2D eigenvalue weighted by Crippen LogP contribution is 2.34. The van der Waals surface area contributed by atoms with Crippen molar-refractivity contribution in [2.45, 2.75) is 31.6 Å². The highest BCUT2D eigenvalue weighted by atomic mass is 32.2. The summed E-state index contributed by atoms with van der Waals surface area (Å²) in [6.07, 6.45) is -1.08. The summed E-state index contributed by atoms with van der Waals surface area (Å²) in [7, 11) is -2.26. The minimum atomic E-state index is -4.83. The molecule has 0 bridgehead atoms. The molecule has 0 saturated heterocycles. The largest absolute Gasteiger partial charge is 0.496 e. The zero-order valence-electron chi connectivity index (χ0n) is 18.6. The maximum Gasteiger partial charge on any atom is 0.433 e. The number of alkyl halides is 3. The number of hydrogen-bond acceptors (Lipinski definition) is 6. The van der Waals surface area contributed by atoms with E-state index in [1.54, 1.807) is 0 Å². The Morgan fingerprint density at radius 1 is 1.23 bits per heavy atom. The van der Waals surface area contributed by atoms with E-state index in [0.717, 1.165) is 42.7 Å². The normalized spacial score (nSPS) is 15.2. The number of pyridine rings is 1. The first kappa shape index (κ1) is 26.4. The number of carbonyl (C=O) groups excluding carboxylic acids is 1. The SMILES string of the molecule is COc1ccc(F)c(F)c1CNc1nc(C(F)(F)F)ccc1C(=O)N[C@H](/C=C/S(C)(=O)=O)C1CC1. The van der Waals surface area contributed by atoms with Crippen LogP contribution in [0.3, 0.4) is 0 Å². The van der Waals surface area contributed by atoms with Crippen molar-refractivity contribution in [2.75, 3.05) is 18.7 Å². The first-order valence-corrected chi connectivity index (χ1v) is 12.3. The van der Waals surface area contributed by atoms with Crippen LogP contribution in [0, 0.1) is 17.6 Å². The van der Waals surface area contributed by atoms with E-state index in [4.69, 9.17) is 4.74 Å². The van der Waals surface area contributed by atoms with Crippen LogP contribution in [0.1, 0.15) is 34.5 Å². The highest BCUT2D eigenvalue weighted by Gasteiger charge is 2.35. The Hall–Kier alpha value is -3.22.